The quantitative estimate of drug-likeness (QED) is 0.165. The van der Waals surface area contributed by atoms with Crippen LogP contribution in [0.5, 0.6) is 23.0 Å². The summed E-state index contributed by atoms with van der Waals surface area (Å²) in [5.41, 5.74) is 6.68. The maximum Gasteiger partial charge on any atom is 0.159 e. The molecule has 0 saturated carbocycles. The third-order valence-electron chi connectivity index (χ3n) is 9.64. The standard InChI is InChI=1S/C46H32N6O2/c1-29-23-30(2)50-46(49-29)31-24-34(53-32-17-19-38-36-11-3-5-13-40(36)51(42(38)27-32)44-15-7-9-21-47-44)26-35(25-31)54-33-18-20-39-37-12-4-6-14-41(37)52(43(39)28-33)45-16-8-10-22-48-45/h3-28H,1-2H3. The molecule has 0 radical (unpaired) electrons. The Kier molecular flexibility index (Phi) is 7.40. The second kappa shape index (κ2) is 12.7. The van der Waals surface area contributed by atoms with Gasteiger partial charge in [0, 0.05) is 69.1 Å². The third-order valence-corrected chi connectivity index (χ3v) is 9.64. The molecule has 8 heteroatoms. The zero-order valence-electron chi connectivity index (χ0n) is 29.5. The average molecular weight is 701 g/mol. The van der Waals surface area contributed by atoms with E-state index in [1.165, 1.54) is 0 Å². The normalized spacial score (nSPS) is 11.5. The molecule has 54 heavy (non-hydrogen) atoms. The summed E-state index contributed by atoms with van der Waals surface area (Å²) in [4.78, 5) is 18.9. The van der Waals surface area contributed by atoms with Crippen molar-refractivity contribution in [2.24, 2.45) is 0 Å². The van der Waals surface area contributed by atoms with E-state index in [1.807, 2.05) is 99.0 Å². The van der Waals surface area contributed by atoms with Crippen LogP contribution in [0, 0.1) is 13.8 Å². The summed E-state index contributed by atoms with van der Waals surface area (Å²) in [6, 6.07) is 48.8. The lowest BCUT2D eigenvalue weighted by molar-refractivity contribution is 0.461. The molecule has 5 heterocycles. The van der Waals surface area contributed by atoms with Gasteiger partial charge in [-0.05, 0) is 92.7 Å². The topological polar surface area (TPSA) is 79.9 Å². The van der Waals surface area contributed by atoms with Crippen LogP contribution < -0.4 is 9.47 Å². The predicted molar refractivity (Wildman–Crippen MR) is 214 cm³/mol. The number of fused-ring (bicyclic) bond motifs is 6. The van der Waals surface area contributed by atoms with E-state index in [0.29, 0.717) is 28.8 Å². The van der Waals surface area contributed by atoms with E-state index in [2.05, 4.69) is 91.9 Å². The van der Waals surface area contributed by atoms with Gasteiger partial charge in [0.25, 0.3) is 0 Å². The number of ether oxygens (including phenoxy) is 2. The largest absolute Gasteiger partial charge is 0.457 e. The van der Waals surface area contributed by atoms with E-state index < -0.39 is 0 Å². The van der Waals surface area contributed by atoms with Gasteiger partial charge in [0.1, 0.15) is 34.6 Å². The van der Waals surface area contributed by atoms with Crippen molar-refractivity contribution in [1.29, 1.82) is 0 Å². The number of rotatable bonds is 7. The number of para-hydroxylation sites is 2. The third kappa shape index (κ3) is 5.48. The minimum Gasteiger partial charge on any atom is -0.457 e. The molecule has 10 aromatic rings. The van der Waals surface area contributed by atoms with Crippen molar-refractivity contribution in [1.82, 2.24) is 29.1 Å². The summed E-state index contributed by atoms with van der Waals surface area (Å²) in [5, 5.41) is 4.52. The minimum absolute atomic E-state index is 0.591. The van der Waals surface area contributed by atoms with Crippen molar-refractivity contribution in [3.05, 3.63) is 169 Å². The van der Waals surface area contributed by atoms with E-state index in [-0.39, 0.29) is 0 Å². The molecule has 10 rings (SSSR count). The molecule has 0 saturated heterocycles. The van der Waals surface area contributed by atoms with Crippen LogP contribution in [0.4, 0.5) is 0 Å². The van der Waals surface area contributed by atoms with Crippen LogP contribution in [0.25, 0.3) is 66.6 Å². The van der Waals surface area contributed by atoms with Gasteiger partial charge in [-0.1, -0.05) is 48.5 Å². The van der Waals surface area contributed by atoms with Gasteiger partial charge in [-0.15, -0.1) is 0 Å². The Bertz CT molecular complexity index is 2830. The molecule has 8 nitrogen and oxygen atoms in total. The molecule has 258 valence electrons. The zero-order valence-corrected chi connectivity index (χ0v) is 29.5. The molecular weight excluding hydrogens is 669 g/mol. The molecule has 0 fully saturated rings. The van der Waals surface area contributed by atoms with Crippen LogP contribution in [0.3, 0.4) is 0 Å². The van der Waals surface area contributed by atoms with E-state index in [0.717, 1.165) is 72.2 Å². The summed E-state index contributed by atoms with van der Waals surface area (Å²) in [7, 11) is 0. The van der Waals surface area contributed by atoms with E-state index in [1.54, 1.807) is 0 Å². The molecule has 0 spiro atoms. The van der Waals surface area contributed by atoms with E-state index in [9.17, 15) is 0 Å². The molecule has 0 aliphatic heterocycles. The highest BCUT2D eigenvalue weighted by atomic mass is 16.5. The predicted octanol–water partition coefficient (Wildman–Crippen LogP) is 11.3. The number of aromatic nitrogens is 6. The van der Waals surface area contributed by atoms with Gasteiger partial charge < -0.3 is 9.47 Å². The minimum atomic E-state index is 0.591. The summed E-state index contributed by atoms with van der Waals surface area (Å²) in [6.07, 6.45) is 3.63. The first-order chi connectivity index (χ1) is 26.6. The maximum atomic E-state index is 6.68. The van der Waals surface area contributed by atoms with Crippen LogP contribution in [-0.4, -0.2) is 29.1 Å². The Morgan fingerprint density at radius 1 is 0.407 bits per heavy atom. The maximum absolute atomic E-state index is 6.68. The lowest BCUT2D eigenvalue weighted by atomic mass is 10.1. The molecular formula is C46H32N6O2. The Morgan fingerprint density at radius 2 is 0.870 bits per heavy atom. The van der Waals surface area contributed by atoms with Crippen molar-refractivity contribution >= 4 is 43.6 Å². The van der Waals surface area contributed by atoms with Gasteiger partial charge in [0.05, 0.1) is 22.1 Å². The number of nitrogens with zero attached hydrogens (tertiary/aromatic N) is 6. The summed E-state index contributed by atoms with van der Waals surface area (Å²) >= 11 is 0. The number of pyridine rings is 2. The van der Waals surface area contributed by atoms with Gasteiger partial charge in [-0.3, -0.25) is 9.13 Å². The molecule has 0 bridgehead atoms. The van der Waals surface area contributed by atoms with E-state index in [4.69, 9.17) is 19.4 Å². The first kappa shape index (κ1) is 31.4. The first-order valence-corrected chi connectivity index (χ1v) is 17.8. The van der Waals surface area contributed by atoms with Gasteiger partial charge in [0.15, 0.2) is 5.82 Å². The van der Waals surface area contributed by atoms with Crippen molar-refractivity contribution in [3.8, 4) is 46.0 Å². The van der Waals surface area contributed by atoms with Gasteiger partial charge in [0.2, 0.25) is 0 Å². The molecule has 0 unspecified atom stereocenters. The number of hydrogen-bond acceptors (Lipinski definition) is 6. The zero-order chi connectivity index (χ0) is 36.2. The van der Waals surface area contributed by atoms with Crippen LogP contribution in [-0.2, 0) is 0 Å². The molecule has 0 aliphatic rings. The second-order valence-corrected chi connectivity index (χ2v) is 13.3. The highest BCUT2D eigenvalue weighted by molar-refractivity contribution is 6.10. The number of hydrogen-bond donors (Lipinski definition) is 0. The smallest absolute Gasteiger partial charge is 0.159 e. The molecule has 0 atom stereocenters. The number of aryl methyl sites for hydroxylation is 2. The monoisotopic (exact) mass is 700 g/mol. The molecule has 0 N–H and O–H groups in total. The fraction of sp³-hybridized carbons (Fsp3) is 0.0435. The van der Waals surface area contributed by atoms with Crippen molar-refractivity contribution in [3.63, 3.8) is 0 Å². The molecule has 5 aromatic carbocycles. The fourth-order valence-electron chi connectivity index (χ4n) is 7.44. The Morgan fingerprint density at radius 3 is 1.35 bits per heavy atom. The van der Waals surface area contributed by atoms with Crippen molar-refractivity contribution < 1.29 is 9.47 Å². The van der Waals surface area contributed by atoms with Crippen LogP contribution in [0.15, 0.2) is 158 Å². The summed E-state index contributed by atoms with van der Waals surface area (Å²) in [5.74, 6) is 4.80. The SMILES string of the molecule is Cc1cc(C)nc(-c2cc(Oc3ccc4c5ccccc5n(-c5ccccn5)c4c3)cc(Oc3ccc4c5ccccc5n(-c5ccccn5)c4c3)c2)n1. The average Bonchev–Trinajstić information content (AvgIpc) is 3.70. The van der Waals surface area contributed by atoms with Crippen LogP contribution in [0.2, 0.25) is 0 Å². The van der Waals surface area contributed by atoms with Gasteiger partial charge in [-0.2, -0.15) is 0 Å². The second-order valence-electron chi connectivity index (χ2n) is 13.3. The Balaban J connectivity index is 1.09. The van der Waals surface area contributed by atoms with Crippen LogP contribution in [0.1, 0.15) is 11.4 Å². The lowest BCUT2D eigenvalue weighted by Crippen LogP contribution is -1.97. The van der Waals surface area contributed by atoms with Crippen LogP contribution >= 0.6 is 0 Å². The number of benzene rings is 5. The first-order valence-electron chi connectivity index (χ1n) is 17.8. The fourth-order valence-corrected chi connectivity index (χ4v) is 7.44. The van der Waals surface area contributed by atoms with Crippen molar-refractivity contribution in [2.45, 2.75) is 13.8 Å². The lowest BCUT2D eigenvalue weighted by Gasteiger charge is -2.13. The highest BCUT2D eigenvalue weighted by Gasteiger charge is 2.17. The molecule has 5 aromatic heterocycles. The Hall–Kier alpha value is -7.32. The molecule has 0 amide bonds. The summed E-state index contributed by atoms with van der Waals surface area (Å²) < 4.78 is 17.7. The Labute approximate surface area is 310 Å². The van der Waals surface area contributed by atoms with Gasteiger partial charge in [-0.25, -0.2) is 19.9 Å². The molecule has 0 aliphatic carbocycles. The highest BCUT2D eigenvalue weighted by Crippen LogP contribution is 2.39. The summed E-state index contributed by atoms with van der Waals surface area (Å²) in [6.45, 7) is 3.95. The van der Waals surface area contributed by atoms with Crippen molar-refractivity contribution in [2.75, 3.05) is 0 Å². The van der Waals surface area contributed by atoms with E-state index >= 15 is 0 Å². The van der Waals surface area contributed by atoms with Gasteiger partial charge >= 0.3 is 0 Å².